The first-order valence-corrected chi connectivity index (χ1v) is 5.28. The molecule has 2 saturated heterocycles. The lowest BCUT2D eigenvalue weighted by atomic mass is 9.93. The minimum absolute atomic E-state index is 0.653. The SMILES string of the molecule is C(=C1\CC2CCC1N2)/c1cccnc1. The van der Waals surface area contributed by atoms with Gasteiger partial charge < -0.3 is 5.32 Å². The molecule has 72 valence electrons. The van der Waals surface area contributed by atoms with E-state index < -0.39 is 0 Å². The molecule has 2 aliphatic rings. The van der Waals surface area contributed by atoms with Gasteiger partial charge in [0.25, 0.3) is 0 Å². The van der Waals surface area contributed by atoms with Crippen molar-refractivity contribution < 1.29 is 0 Å². The van der Waals surface area contributed by atoms with E-state index in [2.05, 4.69) is 22.4 Å². The molecule has 1 aromatic heterocycles. The van der Waals surface area contributed by atoms with E-state index in [4.69, 9.17) is 0 Å². The fraction of sp³-hybridized carbons (Fsp3) is 0.417. The summed E-state index contributed by atoms with van der Waals surface area (Å²) in [5.41, 5.74) is 2.80. The van der Waals surface area contributed by atoms with Gasteiger partial charge in [0.15, 0.2) is 0 Å². The highest BCUT2D eigenvalue weighted by Gasteiger charge is 2.34. The van der Waals surface area contributed by atoms with Crippen LogP contribution in [0.2, 0.25) is 0 Å². The molecule has 14 heavy (non-hydrogen) atoms. The predicted octanol–water partition coefficient (Wildman–Crippen LogP) is 1.99. The van der Waals surface area contributed by atoms with Crippen LogP contribution >= 0.6 is 0 Å². The average molecular weight is 186 g/mol. The number of nitrogens with one attached hydrogen (secondary N) is 1. The van der Waals surface area contributed by atoms with Gasteiger partial charge in [-0.05, 0) is 30.9 Å². The Morgan fingerprint density at radius 1 is 1.43 bits per heavy atom. The van der Waals surface area contributed by atoms with Crippen LogP contribution in [0.4, 0.5) is 0 Å². The second kappa shape index (κ2) is 3.21. The van der Waals surface area contributed by atoms with E-state index in [-0.39, 0.29) is 0 Å². The number of nitrogens with zero attached hydrogens (tertiary/aromatic N) is 1. The van der Waals surface area contributed by atoms with Gasteiger partial charge in [-0.15, -0.1) is 0 Å². The van der Waals surface area contributed by atoms with Gasteiger partial charge in [-0.25, -0.2) is 0 Å². The van der Waals surface area contributed by atoms with Crippen molar-refractivity contribution >= 4 is 6.08 Å². The van der Waals surface area contributed by atoms with Gasteiger partial charge in [0.05, 0.1) is 0 Å². The Balaban J connectivity index is 1.86. The largest absolute Gasteiger partial charge is 0.307 e. The van der Waals surface area contributed by atoms with Gasteiger partial charge in [-0.3, -0.25) is 4.98 Å². The van der Waals surface area contributed by atoms with Crippen LogP contribution in [0, 0.1) is 0 Å². The van der Waals surface area contributed by atoms with Crippen molar-refractivity contribution in [2.45, 2.75) is 31.3 Å². The lowest BCUT2D eigenvalue weighted by Gasteiger charge is -2.10. The quantitative estimate of drug-likeness (QED) is 0.725. The van der Waals surface area contributed by atoms with E-state index >= 15 is 0 Å². The maximum absolute atomic E-state index is 4.12. The minimum Gasteiger partial charge on any atom is -0.307 e. The zero-order valence-electron chi connectivity index (χ0n) is 8.11. The Morgan fingerprint density at radius 3 is 3.07 bits per heavy atom. The van der Waals surface area contributed by atoms with Crippen LogP contribution in [-0.2, 0) is 0 Å². The molecule has 0 spiro atoms. The Bertz CT molecular complexity index is 356. The molecule has 1 aromatic rings. The Morgan fingerprint density at radius 2 is 2.43 bits per heavy atom. The normalized spacial score (nSPS) is 32.7. The van der Waals surface area contributed by atoms with Crippen LogP contribution in [0.3, 0.4) is 0 Å². The molecule has 2 bridgehead atoms. The summed E-state index contributed by atoms with van der Waals surface area (Å²) in [6, 6.07) is 5.52. The summed E-state index contributed by atoms with van der Waals surface area (Å²) in [7, 11) is 0. The number of pyridine rings is 1. The fourth-order valence-electron chi connectivity index (χ4n) is 2.53. The van der Waals surface area contributed by atoms with E-state index in [9.17, 15) is 0 Å². The average Bonchev–Trinajstić information content (AvgIpc) is 2.81. The van der Waals surface area contributed by atoms with E-state index in [0.29, 0.717) is 6.04 Å². The summed E-state index contributed by atoms with van der Waals surface area (Å²) in [4.78, 5) is 4.12. The second-order valence-electron chi connectivity index (χ2n) is 4.20. The molecule has 2 aliphatic heterocycles. The van der Waals surface area contributed by atoms with Gasteiger partial charge in [0, 0.05) is 24.5 Å². The summed E-state index contributed by atoms with van der Waals surface area (Å²) in [5.74, 6) is 0. The molecule has 2 unspecified atom stereocenters. The molecule has 0 aliphatic carbocycles. The van der Waals surface area contributed by atoms with E-state index in [1.807, 2.05) is 18.5 Å². The maximum Gasteiger partial charge on any atom is 0.0340 e. The molecule has 3 rings (SSSR count). The van der Waals surface area contributed by atoms with Gasteiger partial charge in [-0.2, -0.15) is 0 Å². The molecule has 3 heterocycles. The lowest BCUT2D eigenvalue weighted by molar-refractivity contribution is 0.647. The molecule has 0 saturated carbocycles. The molecule has 2 atom stereocenters. The second-order valence-corrected chi connectivity index (χ2v) is 4.20. The van der Waals surface area contributed by atoms with Crippen LogP contribution in [0.5, 0.6) is 0 Å². The molecule has 2 heteroatoms. The summed E-state index contributed by atoms with van der Waals surface area (Å²) in [6.07, 6.45) is 9.95. The molecule has 1 N–H and O–H groups in total. The highest BCUT2D eigenvalue weighted by molar-refractivity contribution is 5.54. The molecule has 0 radical (unpaired) electrons. The van der Waals surface area contributed by atoms with Gasteiger partial charge >= 0.3 is 0 Å². The predicted molar refractivity (Wildman–Crippen MR) is 56.8 cm³/mol. The third-order valence-electron chi connectivity index (χ3n) is 3.21. The maximum atomic E-state index is 4.12. The monoisotopic (exact) mass is 186 g/mol. The number of aromatic nitrogens is 1. The third kappa shape index (κ3) is 1.36. The van der Waals surface area contributed by atoms with E-state index in [1.54, 1.807) is 5.57 Å². The standard InChI is InChI=1S/C12H14N2/c1-2-9(8-13-5-1)6-10-7-11-3-4-12(10)14-11/h1-2,5-6,8,11-12,14H,3-4,7H2/b10-6-. The summed E-state index contributed by atoms with van der Waals surface area (Å²) < 4.78 is 0. The molecular weight excluding hydrogens is 172 g/mol. The van der Waals surface area contributed by atoms with Crippen molar-refractivity contribution in [3.05, 3.63) is 35.7 Å². The van der Waals surface area contributed by atoms with Crippen molar-refractivity contribution in [3.63, 3.8) is 0 Å². The number of hydrogen-bond donors (Lipinski definition) is 1. The van der Waals surface area contributed by atoms with Crippen LogP contribution in [0.15, 0.2) is 30.1 Å². The minimum atomic E-state index is 0.653. The van der Waals surface area contributed by atoms with Crippen LogP contribution < -0.4 is 5.32 Å². The van der Waals surface area contributed by atoms with Crippen LogP contribution in [0.25, 0.3) is 6.08 Å². The highest BCUT2D eigenvalue weighted by atomic mass is 15.0. The Kier molecular flexibility index (Phi) is 1.88. The summed E-state index contributed by atoms with van der Waals surface area (Å²) in [6.45, 7) is 0. The zero-order chi connectivity index (χ0) is 9.38. The number of hydrogen-bond acceptors (Lipinski definition) is 2. The summed E-state index contributed by atoms with van der Waals surface area (Å²) >= 11 is 0. The fourth-order valence-corrected chi connectivity index (χ4v) is 2.53. The van der Waals surface area contributed by atoms with E-state index in [1.165, 1.54) is 24.8 Å². The number of rotatable bonds is 1. The first-order valence-electron chi connectivity index (χ1n) is 5.28. The number of fused-ring (bicyclic) bond motifs is 2. The third-order valence-corrected chi connectivity index (χ3v) is 3.21. The van der Waals surface area contributed by atoms with Crippen molar-refractivity contribution in [1.29, 1.82) is 0 Å². The molecule has 0 aromatic carbocycles. The molecule has 2 nitrogen and oxygen atoms in total. The zero-order valence-corrected chi connectivity index (χ0v) is 8.11. The Hall–Kier alpha value is -1.15. The van der Waals surface area contributed by atoms with Gasteiger partial charge in [-0.1, -0.05) is 17.7 Å². The smallest absolute Gasteiger partial charge is 0.0340 e. The lowest BCUT2D eigenvalue weighted by Crippen LogP contribution is -2.18. The summed E-state index contributed by atoms with van der Waals surface area (Å²) in [5, 5.41) is 3.61. The van der Waals surface area contributed by atoms with Crippen LogP contribution in [0.1, 0.15) is 24.8 Å². The van der Waals surface area contributed by atoms with Crippen LogP contribution in [-0.4, -0.2) is 17.1 Å². The van der Waals surface area contributed by atoms with E-state index in [0.717, 1.165) is 6.04 Å². The topological polar surface area (TPSA) is 24.9 Å². The molecular formula is C12H14N2. The Labute approximate surface area is 84.1 Å². The first-order chi connectivity index (χ1) is 6.92. The molecule has 0 amide bonds. The molecule has 2 fully saturated rings. The van der Waals surface area contributed by atoms with Crippen molar-refractivity contribution in [2.75, 3.05) is 0 Å². The van der Waals surface area contributed by atoms with Crippen molar-refractivity contribution in [3.8, 4) is 0 Å². The van der Waals surface area contributed by atoms with Crippen molar-refractivity contribution in [2.24, 2.45) is 0 Å². The van der Waals surface area contributed by atoms with Crippen molar-refractivity contribution in [1.82, 2.24) is 10.3 Å². The van der Waals surface area contributed by atoms with Gasteiger partial charge in [0.2, 0.25) is 0 Å². The highest BCUT2D eigenvalue weighted by Crippen LogP contribution is 2.33. The first kappa shape index (κ1) is 8.18. The van der Waals surface area contributed by atoms with Gasteiger partial charge in [0.1, 0.15) is 0 Å².